The molecule has 1 N–H and O–H groups in total. The summed E-state index contributed by atoms with van der Waals surface area (Å²) in [6.07, 6.45) is 3.48. The average Bonchev–Trinajstić information content (AvgIpc) is 2.45. The van der Waals surface area contributed by atoms with Crippen LogP contribution in [0.3, 0.4) is 0 Å². The molecule has 7 heteroatoms. The molecule has 126 valence electrons. The number of rotatable bonds is 3. The van der Waals surface area contributed by atoms with Gasteiger partial charge < -0.3 is 15.0 Å². The minimum absolute atomic E-state index is 0.0677. The van der Waals surface area contributed by atoms with Gasteiger partial charge in [-0.15, -0.1) is 0 Å². The van der Waals surface area contributed by atoms with E-state index in [1.807, 2.05) is 20.8 Å². The summed E-state index contributed by atoms with van der Waals surface area (Å²) >= 11 is 5.97. The van der Waals surface area contributed by atoms with Crippen LogP contribution in [0.15, 0.2) is 12.3 Å². The standard InChI is InChI=1S/C16H22ClN3O3/c1-16(2,3)23-15(22)19-11-5-8-20(9-6-11)13-4-7-18-14(17)12(13)10-21/h4,7,10-11H,5-6,8-9H2,1-3H3,(H,19,22). The zero-order valence-corrected chi connectivity index (χ0v) is 14.4. The molecule has 0 unspecified atom stereocenters. The number of anilines is 1. The van der Waals surface area contributed by atoms with E-state index in [2.05, 4.69) is 15.2 Å². The molecule has 1 aromatic heterocycles. The Labute approximate surface area is 141 Å². The molecule has 6 nitrogen and oxygen atoms in total. The molecule has 1 fully saturated rings. The van der Waals surface area contributed by atoms with Crippen LogP contribution in [-0.2, 0) is 4.74 Å². The molecule has 0 bridgehead atoms. The molecule has 0 spiro atoms. The van der Waals surface area contributed by atoms with Crippen molar-refractivity contribution in [2.24, 2.45) is 0 Å². The Morgan fingerprint density at radius 2 is 2.09 bits per heavy atom. The second-order valence-corrected chi connectivity index (χ2v) is 6.92. The minimum atomic E-state index is -0.503. The lowest BCUT2D eigenvalue weighted by atomic mass is 10.0. The van der Waals surface area contributed by atoms with E-state index in [1.165, 1.54) is 0 Å². The third-order valence-corrected chi connectivity index (χ3v) is 3.89. The Balaban J connectivity index is 1.93. The van der Waals surface area contributed by atoms with Crippen molar-refractivity contribution in [3.63, 3.8) is 0 Å². The summed E-state index contributed by atoms with van der Waals surface area (Å²) in [5.74, 6) is 0. The number of piperidine rings is 1. The van der Waals surface area contributed by atoms with E-state index >= 15 is 0 Å². The second kappa shape index (κ2) is 7.17. The van der Waals surface area contributed by atoms with Crippen molar-refractivity contribution < 1.29 is 14.3 Å². The lowest BCUT2D eigenvalue weighted by Crippen LogP contribution is -2.46. The van der Waals surface area contributed by atoms with Crippen LogP contribution in [0.1, 0.15) is 44.0 Å². The zero-order valence-electron chi connectivity index (χ0n) is 13.6. The number of hydrogen-bond donors (Lipinski definition) is 1. The summed E-state index contributed by atoms with van der Waals surface area (Å²) in [7, 11) is 0. The van der Waals surface area contributed by atoms with Crippen LogP contribution in [0, 0.1) is 0 Å². The van der Waals surface area contributed by atoms with Crippen molar-refractivity contribution in [2.45, 2.75) is 45.3 Å². The maximum absolute atomic E-state index is 11.8. The molecule has 1 aliphatic heterocycles. The van der Waals surface area contributed by atoms with Crippen molar-refractivity contribution in [3.05, 3.63) is 23.0 Å². The zero-order chi connectivity index (χ0) is 17.0. The quantitative estimate of drug-likeness (QED) is 0.677. The maximum atomic E-state index is 11.8. The van der Waals surface area contributed by atoms with Gasteiger partial charge in [-0.1, -0.05) is 11.6 Å². The van der Waals surface area contributed by atoms with E-state index in [-0.39, 0.29) is 11.2 Å². The number of ether oxygens (including phenoxy) is 1. The highest BCUT2D eigenvalue weighted by atomic mass is 35.5. The summed E-state index contributed by atoms with van der Waals surface area (Å²) in [6, 6.07) is 1.86. The molecule has 2 rings (SSSR count). The Hall–Kier alpha value is -1.82. The average molecular weight is 340 g/mol. The van der Waals surface area contributed by atoms with Gasteiger partial charge in [-0.05, 0) is 39.7 Å². The first kappa shape index (κ1) is 17.5. The molecule has 0 aliphatic carbocycles. The second-order valence-electron chi connectivity index (χ2n) is 6.56. The first-order chi connectivity index (χ1) is 10.8. The van der Waals surface area contributed by atoms with Gasteiger partial charge in [0, 0.05) is 25.3 Å². The molecule has 0 aromatic carbocycles. The number of alkyl carbamates (subject to hydrolysis) is 1. The predicted molar refractivity (Wildman–Crippen MR) is 89.2 cm³/mol. The number of hydrogen-bond acceptors (Lipinski definition) is 5. The van der Waals surface area contributed by atoms with Gasteiger partial charge in [0.25, 0.3) is 0 Å². The summed E-state index contributed by atoms with van der Waals surface area (Å²) in [5.41, 5.74) is 0.695. The molecule has 23 heavy (non-hydrogen) atoms. The highest BCUT2D eigenvalue weighted by Crippen LogP contribution is 2.26. The molecule has 0 saturated carbocycles. The van der Waals surface area contributed by atoms with Gasteiger partial charge in [-0.25, -0.2) is 9.78 Å². The molecule has 0 atom stereocenters. The van der Waals surface area contributed by atoms with Gasteiger partial charge in [-0.2, -0.15) is 0 Å². The van der Waals surface area contributed by atoms with E-state index in [4.69, 9.17) is 16.3 Å². The molecule has 1 aliphatic rings. The summed E-state index contributed by atoms with van der Waals surface area (Å²) in [5, 5.41) is 3.11. The van der Waals surface area contributed by atoms with Gasteiger partial charge >= 0.3 is 6.09 Å². The lowest BCUT2D eigenvalue weighted by molar-refractivity contribution is 0.0497. The van der Waals surface area contributed by atoms with Crippen molar-refractivity contribution in [2.75, 3.05) is 18.0 Å². The molecular weight excluding hydrogens is 318 g/mol. The Morgan fingerprint density at radius 1 is 1.43 bits per heavy atom. The summed E-state index contributed by atoms with van der Waals surface area (Å²) < 4.78 is 5.27. The number of aldehydes is 1. The highest BCUT2D eigenvalue weighted by molar-refractivity contribution is 6.32. The maximum Gasteiger partial charge on any atom is 0.407 e. The molecule has 2 heterocycles. The third-order valence-electron chi connectivity index (χ3n) is 3.59. The molecule has 1 aromatic rings. The molecule has 0 radical (unpaired) electrons. The minimum Gasteiger partial charge on any atom is -0.444 e. The fraction of sp³-hybridized carbons (Fsp3) is 0.562. The first-order valence-corrected chi connectivity index (χ1v) is 8.02. The van der Waals surface area contributed by atoms with Crippen LogP contribution in [0.4, 0.5) is 10.5 Å². The van der Waals surface area contributed by atoms with Gasteiger partial charge in [0.15, 0.2) is 6.29 Å². The number of carbonyl (C=O) groups is 2. The van der Waals surface area contributed by atoms with Crippen molar-refractivity contribution >= 4 is 29.7 Å². The van der Waals surface area contributed by atoms with Gasteiger partial charge in [0.2, 0.25) is 0 Å². The lowest BCUT2D eigenvalue weighted by Gasteiger charge is -2.34. The topological polar surface area (TPSA) is 71.5 Å². The smallest absolute Gasteiger partial charge is 0.407 e. The SMILES string of the molecule is CC(C)(C)OC(=O)NC1CCN(c2ccnc(Cl)c2C=O)CC1. The Bertz CT molecular complexity index is 578. The number of aromatic nitrogens is 1. The number of pyridine rings is 1. The monoisotopic (exact) mass is 339 g/mol. The first-order valence-electron chi connectivity index (χ1n) is 7.64. The normalized spacial score (nSPS) is 16.1. The number of halogens is 1. The van der Waals surface area contributed by atoms with E-state index in [0.717, 1.165) is 37.9 Å². The molecular formula is C16H22ClN3O3. The largest absolute Gasteiger partial charge is 0.444 e. The van der Waals surface area contributed by atoms with Crippen LogP contribution >= 0.6 is 11.6 Å². The third kappa shape index (κ3) is 4.82. The summed E-state index contributed by atoms with van der Waals surface area (Å²) in [6.45, 7) is 6.96. The number of nitrogens with one attached hydrogen (secondary N) is 1. The Kier molecular flexibility index (Phi) is 5.46. The van der Waals surface area contributed by atoms with Crippen LogP contribution in [0.5, 0.6) is 0 Å². The molecule has 1 saturated heterocycles. The van der Waals surface area contributed by atoms with Crippen LogP contribution < -0.4 is 10.2 Å². The van der Waals surface area contributed by atoms with E-state index in [0.29, 0.717) is 5.56 Å². The van der Waals surface area contributed by atoms with Gasteiger partial charge in [0.1, 0.15) is 10.8 Å². The molecule has 1 amide bonds. The van der Waals surface area contributed by atoms with E-state index in [1.54, 1.807) is 12.3 Å². The van der Waals surface area contributed by atoms with Gasteiger partial charge in [-0.3, -0.25) is 4.79 Å². The van der Waals surface area contributed by atoms with E-state index < -0.39 is 11.7 Å². The number of amides is 1. The number of carbonyl (C=O) groups excluding carboxylic acids is 2. The van der Waals surface area contributed by atoms with Crippen LogP contribution in [0.25, 0.3) is 0 Å². The van der Waals surface area contributed by atoms with Crippen LogP contribution in [-0.4, -0.2) is 42.1 Å². The van der Waals surface area contributed by atoms with E-state index in [9.17, 15) is 9.59 Å². The predicted octanol–water partition coefficient (Wildman–Crippen LogP) is 3.04. The fourth-order valence-electron chi connectivity index (χ4n) is 2.56. The fourth-order valence-corrected chi connectivity index (χ4v) is 2.76. The number of nitrogens with zero attached hydrogens (tertiary/aromatic N) is 2. The van der Waals surface area contributed by atoms with Crippen molar-refractivity contribution in [1.82, 2.24) is 10.3 Å². The van der Waals surface area contributed by atoms with Crippen molar-refractivity contribution in [1.29, 1.82) is 0 Å². The van der Waals surface area contributed by atoms with Crippen molar-refractivity contribution in [3.8, 4) is 0 Å². The van der Waals surface area contributed by atoms with Crippen LogP contribution in [0.2, 0.25) is 5.15 Å². The summed E-state index contributed by atoms with van der Waals surface area (Å²) in [4.78, 5) is 29.0. The highest BCUT2D eigenvalue weighted by Gasteiger charge is 2.25. The van der Waals surface area contributed by atoms with Gasteiger partial charge in [0.05, 0.1) is 11.3 Å². The Morgan fingerprint density at radius 3 is 2.65 bits per heavy atom.